The number of para-hydroxylation sites is 1. The predicted octanol–water partition coefficient (Wildman–Crippen LogP) is 3.82. The second kappa shape index (κ2) is 10.1. The number of benzene rings is 2. The Morgan fingerprint density at radius 1 is 1.00 bits per heavy atom. The molecule has 0 aromatic heterocycles. The highest BCUT2D eigenvalue weighted by Crippen LogP contribution is 2.27. The minimum atomic E-state index is -3.63. The van der Waals surface area contributed by atoms with Crippen molar-refractivity contribution in [2.75, 3.05) is 26.8 Å². The fraction of sp³-hybridized carbons (Fsp3) is 0.440. The normalized spacial score (nSPS) is 15.8. The van der Waals surface area contributed by atoms with Crippen molar-refractivity contribution in [2.24, 2.45) is 5.92 Å². The number of ketones is 1. The van der Waals surface area contributed by atoms with Crippen LogP contribution in [0.4, 0.5) is 0 Å². The molecular weight excluding hydrogens is 442 g/mol. The number of carbonyl (C=O) groups excluding carboxylic acids is 2. The van der Waals surface area contributed by atoms with E-state index >= 15 is 0 Å². The van der Waals surface area contributed by atoms with Gasteiger partial charge in [-0.15, -0.1) is 0 Å². The molecule has 1 fully saturated rings. The van der Waals surface area contributed by atoms with Gasteiger partial charge >= 0.3 is 5.97 Å². The molecule has 3 rings (SSSR count). The Morgan fingerprint density at radius 2 is 1.61 bits per heavy atom. The number of piperidine rings is 1. The zero-order valence-corrected chi connectivity index (χ0v) is 20.4. The summed E-state index contributed by atoms with van der Waals surface area (Å²) in [5.41, 5.74) is 1.35. The Morgan fingerprint density at radius 3 is 2.18 bits per heavy atom. The maximum absolute atomic E-state index is 13.0. The van der Waals surface area contributed by atoms with E-state index in [1.54, 1.807) is 36.4 Å². The van der Waals surface area contributed by atoms with Gasteiger partial charge in [0.05, 0.1) is 23.5 Å². The van der Waals surface area contributed by atoms with Gasteiger partial charge in [0.1, 0.15) is 5.75 Å². The number of Topliss-reactive ketones (excluding diaryl/α,β-unsaturated/α-hetero) is 1. The molecule has 0 radical (unpaired) electrons. The van der Waals surface area contributed by atoms with Crippen LogP contribution in [0.15, 0.2) is 53.4 Å². The molecule has 0 spiro atoms. The van der Waals surface area contributed by atoms with E-state index in [9.17, 15) is 18.0 Å². The van der Waals surface area contributed by atoms with Crippen LogP contribution >= 0.6 is 0 Å². The lowest BCUT2D eigenvalue weighted by atomic mass is 9.87. The van der Waals surface area contributed by atoms with Gasteiger partial charge in [0, 0.05) is 13.1 Å². The molecule has 0 atom stereocenters. The summed E-state index contributed by atoms with van der Waals surface area (Å²) in [4.78, 5) is 25.1. The smallest absolute Gasteiger partial charge is 0.309 e. The summed E-state index contributed by atoms with van der Waals surface area (Å²) in [6.07, 6.45) is 0.696. The first-order valence-corrected chi connectivity index (χ1v) is 12.4. The SMILES string of the molecule is COc1ccccc1C(=O)COC(=O)C1CCN(S(=O)(=O)c2ccc(C(C)(C)C)cc2)CC1. The minimum Gasteiger partial charge on any atom is -0.496 e. The summed E-state index contributed by atoms with van der Waals surface area (Å²) < 4.78 is 37.8. The quantitative estimate of drug-likeness (QED) is 0.449. The summed E-state index contributed by atoms with van der Waals surface area (Å²) in [7, 11) is -2.16. The van der Waals surface area contributed by atoms with E-state index in [0.717, 1.165) is 5.56 Å². The van der Waals surface area contributed by atoms with E-state index in [1.807, 2.05) is 12.1 Å². The molecule has 1 aliphatic heterocycles. The largest absolute Gasteiger partial charge is 0.496 e. The van der Waals surface area contributed by atoms with Crippen molar-refractivity contribution in [3.63, 3.8) is 0 Å². The van der Waals surface area contributed by atoms with Gasteiger partial charge in [-0.25, -0.2) is 8.42 Å². The van der Waals surface area contributed by atoms with Crippen LogP contribution in [0.2, 0.25) is 0 Å². The minimum absolute atomic E-state index is 0.0615. The molecule has 7 nitrogen and oxygen atoms in total. The molecule has 33 heavy (non-hydrogen) atoms. The number of hydrogen-bond acceptors (Lipinski definition) is 6. The number of carbonyl (C=O) groups is 2. The Hall–Kier alpha value is -2.71. The molecule has 8 heteroatoms. The fourth-order valence-corrected chi connectivity index (χ4v) is 5.28. The zero-order chi connectivity index (χ0) is 24.2. The first kappa shape index (κ1) is 24.9. The highest BCUT2D eigenvalue weighted by Gasteiger charge is 2.33. The Labute approximate surface area is 195 Å². The van der Waals surface area contributed by atoms with Crippen molar-refractivity contribution in [3.8, 4) is 5.75 Å². The van der Waals surface area contributed by atoms with Gasteiger partial charge < -0.3 is 9.47 Å². The molecular formula is C25H31NO6S. The average Bonchev–Trinajstić information content (AvgIpc) is 2.81. The fourth-order valence-electron chi connectivity index (χ4n) is 3.82. The van der Waals surface area contributed by atoms with Gasteiger partial charge in [0.2, 0.25) is 15.8 Å². The summed E-state index contributed by atoms with van der Waals surface area (Å²) in [6.45, 7) is 6.30. The van der Waals surface area contributed by atoms with Crippen molar-refractivity contribution >= 4 is 21.8 Å². The van der Waals surface area contributed by atoms with Gasteiger partial charge in [-0.2, -0.15) is 4.31 Å². The number of rotatable bonds is 7. The zero-order valence-electron chi connectivity index (χ0n) is 19.5. The van der Waals surface area contributed by atoms with E-state index in [-0.39, 0.29) is 35.8 Å². The number of methoxy groups -OCH3 is 1. The van der Waals surface area contributed by atoms with Crippen LogP contribution < -0.4 is 4.74 Å². The van der Waals surface area contributed by atoms with Crippen LogP contribution in [0.3, 0.4) is 0 Å². The van der Waals surface area contributed by atoms with Crippen molar-refractivity contribution in [2.45, 2.75) is 43.9 Å². The highest BCUT2D eigenvalue weighted by atomic mass is 32.2. The van der Waals surface area contributed by atoms with Crippen LogP contribution in [0.5, 0.6) is 5.75 Å². The summed E-state index contributed by atoms with van der Waals surface area (Å²) in [6, 6.07) is 13.7. The molecule has 0 bridgehead atoms. The standard InChI is InChI=1S/C25H31NO6S/c1-25(2,3)19-9-11-20(12-10-19)33(29,30)26-15-13-18(14-16-26)24(28)32-17-22(27)21-7-5-6-8-23(21)31-4/h5-12,18H,13-17H2,1-4H3. The lowest BCUT2D eigenvalue weighted by Crippen LogP contribution is -2.40. The van der Waals surface area contributed by atoms with Gasteiger partial charge in [-0.1, -0.05) is 45.0 Å². The number of hydrogen-bond donors (Lipinski definition) is 0. The molecule has 1 aliphatic rings. The molecule has 0 saturated carbocycles. The van der Waals surface area contributed by atoms with Gasteiger partial charge in [0.25, 0.3) is 0 Å². The number of sulfonamides is 1. The van der Waals surface area contributed by atoms with E-state index in [1.165, 1.54) is 11.4 Å². The molecule has 0 N–H and O–H groups in total. The summed E-state index contributed by atoms with van der Waals surface area (Å²) in [5, 5.41) is 0. The van der Waals surface area contributed by atoms with Crippen molar-refractivity contribution in [3.05, 3.63) is 59.7 Å². The lowest BCUT2D eigenvalue weighted by molar-refractivity contribution is -0.148. The molecule has 2 aromatic carbocycles. The van der Waals surface area contributed by atoms with Gasteiger partial charge in [-0.3, -0.25) is 9.59 Å². The average molecular weight is 474 g/mol. The van der Waals surface area contributed by atoms with E-state index in [0.29, 0.717) is 24.2 Å². The predicted molar refractivity (Wildman–Crippen MR) is 125 cm³/mol. The maximum Gasteiger partial charge on any atom is 0.309 e. The van der Waals surface area contributed by atoms with Crippen molar-refractivity contribution < 1.29 is 27.5 Å². The molecule has 178 valence electrons. The maximum atomic E-state index is 13.0. The van der Waals surface area contributed by atoms with Crippen LogP contribution in [0.25, 0.3) is 0 Å². The molecule has 2 aromatic rings. The molecule has 0 unspecified atom stereocenters. The topological polar surface area (TPSA) is 90.0 Å². The van der Waals surface area contributed by atoms with Crippen molar-refractivity contribution in [1.29, 1.82) is 0 Å². The molecule has 1 saturated heterocycles. The molecule has 0 amide bonds. The van der Waals surface area contributed by atoms with Crippen LogP contribution in [-0.2, 0) is 25.0 Å². The first-order chi connectivity index (χ1) is 15.5. The first-order valence-electron chi connectivity index (χ1n) is 11.0. The van der Waals surface area contributed by atoms with E-state index in [4.69, 9.17) is 9.47 Å². The summed E-state index contributed by atoms with van der Waals surface area (Å²) in [5.74, 6) is -0.845. The number of nitrogens with zero attached hydrogens (tertiary/aromatic N) is 1. The second-order valence-corrected chi connectivity index (χ2v) is 11.1. The molecule has 0 aliphatic carbocycles. The van der Waals surface area contributed by atoms with E-state index in [2.05, 4.69) is 20.8 Å². The number of ether oxygens (including phenoxy) is 2. The Kier molecular flexibility index (Phi) is 7.59. The molecule has 1 heterocycles. The summed E-state index contributed by atoms with van der Waals surface area (Å²) >= 11 is 0. The third kappa shape index (κ3) is 5.81. The monoisotopic (exact) mass is 473 g/mol. The van der Waals surface area contributed by atoms with Crippen molar-refractivity contribution in [1.82, 2.24) is 4.31 Å². The highest BCUT2D eigenvalue weighted by molar-refractivity contribution is 7.89. The Balaban J connectivity index is 1.55. The van der Waals surface area contributed by atoms with Gasteiger partial charge in [-0.05, 0) is 48.1 Å². The Bertz CT molecular complexity index is 1090. The van der Waals surface area contributed by atoms with Crippen LogP contribution in [-0.4, -0.2) is 51.3 Å². The van der Waals surface area contributed by atoms with E-state index < -0.39 is 21.9 Å². The number of esters is 1. The lowest BCUT2D eigenvalue weighted by Gasteiger charge is -2.30. The van der Waals surface area contributed by atoms with Crippen LogP contribution in [0.1, 0.15) is 49.5 Å². The second-order valence-electron chi connectivity index (χ2n) is 9.18. The van der Waals surface area contributed by atoms with Gasteiger partial charge in [0.15, 0.2) is 6.61 Å². The third-order valence-electron chi connectivity index (χ3n) is 5.90. The van der Waals surface area contributed by atoms with Crippen LogP contribution in [0, 0.1) is 5.92 Å². The third-order valence-corrected chi connectivity index (χ3v) is 7.81.